The van der Waals surface area contributed by atoms with Gasteiger partial charge >= 0.3 is 0 Å². The molecule has 0 bridgehead atoms. The molecule has 2 aliphatic rings. The van der Waals surface area contributed by atoms with Crippen LogP contribution in [0.4, 0.5) is 0 Å². The Morgan fingerprint density at radius 3 is 1.91 bits per heavy atom. The number of ether oxygens (including phenoxy) is 5. The van der Waals surface area contributed by atoms with Crippen molar-refractivity contribution in [3.8, 4) is 0 Å². The van der Waals surface area contributed by atoms with Gasteiger partial charge in [0.2, 0.25) is 0 Å². The molecular weight excluding hydrogens is 536 g/mol. The first kappa shape index (κ1) is 31.6. The van der Waals surface area contributed by atoms with E-state index in [0.29, 0.717) is 44.2 Å². The fourth-order valence-corrected chi connectivity index (χ4v) is 6.34. The van der Waals surface area contributed by atoms with Crippen molar-refractivity contribution in [1.29, 1.82) is 0 Å². The molecule has 0 spiro atoms. The standard InChI is InChI=1S/C38H48O5/c1-27(2)33-21-20-28(3)22-34(33)42-38-29(4)36(40-24-31-16-10-6-11-17-31)37(41-25-32-18-12-7-13-19-32)35(43-38)26-39-23-30-14-8-5-9-15-30/h5-19,27-28,33-38H,4,20-26H2,1-3H3/t28-,33+,34-,35-,36-,37+,38+/m1/s1. The van der Waals surface area contributed by atoms with Gasteiger partial charge in [0, 0.05) is 5.57 Å². The minimum absolute atomic E-state index is 0.105. The summed E-state index contributed by atoms with van der Waals surface area (Å²) in [6, 6.07) is 30.6. The lowest BCUT2D eigenvalue weighted by Gasteiger charge is -2.45. The zero-order chi connectivity index (χ0) is 30.0. The van der Waals surface area contributed by atoms with Crippen molar-refractivity contribution in [2.75, 3.05) is 6.61 Å². The molecule has 3 aromatic rings. The summed E-state index contributed by atoms with van der Waals surface area (Å²) in [4.78, 5) is 0. The summed E-state index contributed by atoms with van der Waals surface area (Å²) in [5, 5.41) is 0. The average molecular weight is 585 g/mol. The van der Waals surface area contributed by atoms with Crippen LogP contribution in [0.25, 0.3) is 0 Å². The van der Waals surface area contributed by atoms with Crippen LogP contribution in [-0.2, 0) is 43.5 Å². The zero-order valence-electron chi connectivity index (χ0n) is 26.0. The zero-order valence-corrected chi connectivity index (χ0v) is 26.0. The largest absolute Gasteiger partial charge is 0.374 e. The fourth-order valence-electron chi connectivity index (χ4n) is 6.34. The maximum absolute atomic E-state index is 6.86. The van der Waals surface area contributed by atoms with Gasteiger partial charge in [-0.1, -0.05) is 125 Å². The van der Waals surface area contributed by atoms with Gasteiger partial charge < -0.3 is 23.7 Å². The predicted molar refractivity (Wildman–Crippen MR) is 170 cm³/mol. The van der Waals surface area contributed by atoms with E-state index in [1.165, 1.54) is 12.8 Å². The Morgan fingerprint density at radius 1 is 0.767 bits per heavy atom. The maximum atomic E-state index is 6.86. The molecule has 230 valence electrons. The Morgan fingerprint density at radius 2 is 1.33 bits per heavy atom. The topological polar surface area (TPSA) is 46.2 Å². The van der Waals surface area contributed by atoms with E-state index in [9.17, 15) is 0 Å². The lowest BCUT2D eigenvalue weighted by atomic mass is 9.75. The SMILES string of the molecule is C=C1[C@@H](O[C@@H]2C[C@H](C)CC[C@H]2C(C)C)O[C@H](COCc2ccccc2)[C@H](OCc2ccccc2)[C@@H]1OCc1ccccc1. The third kappa shape index (κ3) is 8.87. The van der Waals surface area contributed by atoms with Crippen molar-refractivity contribution in [3.05, 3.63) is 120 Å². The summed E-state index contributed by atoms with van der Waals surface area (Å²) in [5.74, 6) is 1.64. The second-order valence-electron chi connectivity index (χ2n) is 12.6. The molecule has 1 heterocycles. The van der Waals surface area contributed by atoms with Gasteiger partial charge in [-0.15, -0.1) is 0 Å². The minimum Gasteiger partial charge on any atom is -0.374 e. The van der Waals surface area contributed by atoms with E-state index in [2.05, 4.69) is 63.7 Å². The van der Waals surface area contributed by atoms with Crippen LogP contribution >= 0.6 is 0 Å². The van der Waals surface area contributed by atoms with E-state index in [0.717, 1.165) is 28.7 Å². The molecule has 5 nitrogen and oxygen atoms in total. The number of hydrogen-bond acceptors (Lipinski definition) is 5. The molecule has 1 saturated heterocycles. The van der Waals surface area contributed by atoms with Crippen molar-refractivity contribution in [2.24, 2.45) is 17.8 Å². The molecule has 5 heteroatoms. The molecule has 1 aliphatic carbocycles. The lowest BCUT2D eigenvalue weighted by Crippen LogP contribution is -2.55. The van der Waals surface area contributed by atoms with Gasteiger partial charge in [-0.05, 0) is 47.3 Å². The maximum Gasteiger partial charge on any atom is 0.183 e. The predicted octanol–water partition coefficient (Wildman–Crippen LogP) is 8.13. The van der Waals surface area contributed by atoms with Gasteiger partial charge in [-0.3, -0.25) is 0 Å². The molecule has 1 aliphatic heterocycles. The van der Waals surface area contributed by atoms with Crippen LogP contribution in [0.1, 0.15) is 56.7 Å². The molecule has 0 amide bonds. The molecule has 0 aromatic heterocycles. The smallest absolute Gasteiger partial charge is 0.183 e. The highest BCUT2D eigenvalue weighted by Gasteiger charge is 2.45. The Labute approximate surface area is 258 Å². The molecule has 1 saturated carbocycles. The van der Waals surface area contributed by atoms with Crippen LogP contribution in [0.3, 0.4) is 0 Å². The van der Waals surface area contributed by atoms with Crippen LogP contribution in [0.2, 0.25) is 0 Å². The van der Waals surface area contributed by atoms with Gasteiger partial charge in [0.05, 0.1) is 32.5 Å². The quantitative estimate of drug-likeness (QED) is 0.190. The number of benzene rings is 3. The lowest BCUT2D eigenvalue weighted by molar-refractivity contribution is -0.268. The minimum atomic E-state index is -0.598. The summed E-state index contributed by atoms with van der Waals surface area (Å²) < 4.78 is 33.1. The molecule has 0 radical (unpaired) electrons. The molecule has 0 unspecified atom stereocenters. The number of rotatable bonds is 13. The second-order valence-corrected chi connectivity index (χ2v) is 12.6. The first-order valence-corrected chi connectivity index (χ1v) is 15.9. The van der Waals surface area contributed by atoms with Crippen LogP contribution < -0.4 is 0 Å². The highest BCUT2D eigenvalue weighted by molar-refractivity contribution is 5.18. The number of hydrogen-bond donors (Lipinski definition) is 0. The molecule has 2 fully saturated rings. The van der Waals surface area contributed by atoms with Crippen LogP contribution in [0, 0.1) is 17.8 Å². The van der Waals surface area contributed by atoms with Gasteiger partial charge in [0.15, 0.2) is 6.29 Å². The first-order valence-electron chi connectivity index (χ1n) is 15.9. The van der Waals surface area contributed by atoms with Crippen molar-refractivity contribution in [1.82, 2.24) is 0 Å². The van der Waals surface area contributed by atoms with Crippen molar-refractivity contribution in [3.63, 3.8) is 0 Å². The normalized spacial score (nSPS) is 27.8. The van der Waals surface area contributed by atoms with Crippen LogP contribution in [0.15, 0.2) is 103 Å². The van der Waals surface area contributed by atoms with Gasteiger partial charge in [-0.2, -0.15) is 0 Å². The van der Waals surface area contributed by atoms with Crippen LogP contribution in [-0.4, -0.2) is 37.3 Å². The van der Waals surface area contributed by atoms with E-state index in [-0.39, 0.29) is 6.10 Å². The molecule has 43 heavy (non-hydrogen) atoms. The highest BCUT2D eigenvalue weighted by atomic mass is 16.7. The first-order chi connectivity index (χ1) is 21.0. The summed E-state index contributed by atoms with van der Waals surface area (Å²) in [6.07, 6.45) is 1.69. The van der Waals surface area contributed by atoms with E-state index in [1.54, 1.807) is 0 Å². The van der Waals surface area contributed by atoms with Crippen LogP contribution in [0.5, 0.6) is 0 Å². The average Bonchev–Trinajstić information content (AvgIpc) is 3.02. The van der Waals surface area contributed by atoms with E-state index >= 15 is 0 Å². The van der Waals surface area contributed by atoms with Crippen molar-refractivity contribution in [2.45, 2.75) is 90.6 Å². The monoisotopic (exact) mass is 584 g/mol. The van der Waals surface area contributed by atoms with Crippen molar-refractivity contribution < 1.29 is 23.7 Å². The summed E-state index contributed by atoms with van der Waals surface area (Å²) in [7, 11) is 0. The highest BCUT2D eigenvalue weighted by Crippen LogP contribution is 2.39. The molecule has 3 aromatic carbocycles. The van der Waals surface area contributed by atoms with Gasteiger partial charge in [0.1, 0.15) is 18.3 Å². The van der Waals surface area contributed by atoms with Gasteiger partial charge in [-0.25, -0.2) is 0 Å². The Kier molecular flexibility index (Phi) is 11.6. The Balaban J connectivity index is 1.38. The third-order valence-electron chi connectivity index (χ3n) is 8.84. The molecule has 5 rings (SSSR count). The second kappa shape index (κ2) is 15.8. The molecular formula is C38H48O5. The van der Waals surface area contributed by atoms with Crippen molar-refractivity contribution >= 4 is 0 Å². The molecule has 0 N–H and O–H groups in total. The summed E-state index contributed by atoms with van der Waals surface area (Å²) in [6.45, 7) is 13.1. The van der Waals surface area contributed by atoms with E-state index < -0.39 is 24.6 Å². The van der Waals surface area contributed by atoms with Gasteiger partial charge in [0.25, 0.3) is 0 Å². The Hall–Kier alpha value is -2.80. The Bertz CT molecular complexity index is 1230. The fraction of sp³-hybridized carbons (Fsp3) is 0.474. The van der Waals surface area contributed by atoms with E-state index in [1.807, 2.05) is 54.6 Å². The third-order valence-corrected chi connectivity index (χ3v) is 8.84. The summed E-state index contributed by atoms with van der Waals surface area (Å²) >= 11 is 0. The molecule has 7 atom stereocenters. The summed E-state index contributed by atoms with van der Waals surface area (Å²) in [5.41, 5.74) is 4.08. The van der Waals surface area contributed by atoms with E-state index in [4.69, 9.17) is 23.7 Å².